The van der Waals surface area contributed by atoms with Gasteiger partial charge in [-0.15, -0.1) is 11.8 Å². The Kier molecular flexibility index (Phi) is 1.72. The molecule has 2 rings (SSSR count). The lowest BCUT2D eigenvalue weighted by Gasteiger charge is -2.01. The molecular weight excluding hydrogens is 170 g/mol. The van der Waals surface area contributed by atoms with Gasteiger partial charge in [0, 0.05) is 10.8 Å². The summed E-state index contributed by atoms with van der Waals surface area (Å²) in [5.41, 5.74) is 6.91. The van der Waals surface area contributed by atoms with Crippen LogP contribution in [-0.2, 0) is 6.42 Å². The number of fused-ring (bicyclic) bond motifs is 1. The van der Waals surface area contributed by atoms with Crippen LogP contribution in [-0.4, -0.2) is 15.2 Å². The normalized spacial score (nSPS) is 21.0. The highest BCUT2D eigenvalue weighted by Gasteiger charge is 2.23. The number of nitrogens with two attached hydrogens (primary N) is 1. The molecule has 2 heterocycles. The minimum absolute atomic E-state index is 0.596. The highest BCUT2D eigenvalue weighted by Crippen LogP contribution is 2.37. The van der Waals surface area contributed by atoms with Crippen molar-refractivity contribution in [3.63, 3.8) is 0 Å². The van der Waals surface area contributed by atoms with Gasteiger partial charge < -0.3 is 5.73 Å². The smallest absolute Gasteiger partial charge is 0.131 e. The molecule has 0 fully saturated rings. The number of rotatable bonds is 0. The second-order valence-electron chi connectivity index (χ2n) is 3.07. The molecule has 0 radical (unpaired) electrons. The van der Waals surface area contributed by atoms with E-state index in [0.717, 1.165) is 22.8 Å². The number of aryl methyl sites for hydroxylation is 1. The maximum atomic E-state index is 5.77. The second kappa shape index (κ2) is 2.62. The Morgan fingerprint density at radius 2 is 2.25 bits per heavy atom. The van der Waals surface area contributed by atoms with Crippen LogP contribution in [0.15, 0.2) is 5.03 Å². The lowest BCUT2D eigenvalue weighted by Crippen LogP contribution is -2.02. The lowest BCUT2D eigenvalue weighted by atomic mass is 10.2. The zero-order valence-electron chi connectivity index (χ0n) is 7.16. The van der Waals surface area contributed by atoms with Crippen molar-refractivity contribution < 1.29 is 0 Å². The van der Waals surface area contributed by atoms with E-state index in [9.17, 15) is 0 Å². The first-order chi connectivity index (χ1) is 5.66. The van der Waals surface area contributed by atoms with Gasteiger partial charge in [0.05, 0.1) is 0 Å². The fourth-order valence-electron chi connectivity index (χ4n) is 1.40. The number of hydrogen-bond donors (Lipinski definition) is 1. The van der Waals surface area contributed by atoms with Crippen molar-refractivity contribution in [1.29, 1.82) is 0 Å². The number of aromatic nitrogens is 2. The summed E-state index contributed by atoms with van der Waals surface area (Å²) >= 11 is 1.79. The van der Waals surface area contributed by atoms with Crippen molar-refractivity contribution >= 4 is 17.6 Å². The van der Waals surface area contributed by atoms with E-state index in [4.69, 9.17) is 5.73 Å². The van der Waals surface area contributed by atoms with E-state index >= 15 is 0 Å². The third-order valence-corrected chi connectivity index (χ3v) is 3.05. The molecule has 0 saturated carbocycles. The maximum absolute atomic E-state index is 5.77. The molecule has 2 N–H and O–H groups in total. The van der Waals surface area contributed by atoms with Gasteiger partial charge in [0.2, 0.25) is 0 Å². The fraction of sp³-hybridized carbons (Fsp3) is 0.500. The zero-order chi connectivity index (χ0) is 8.72. The lowest BCUT2D eigenvalue weighted by molar-refractivity contribution is 0.901. The van der Waals surface area contributed by atoms with E-state index in [1.165, 1.54) is 0 Å². The van der Waals surface area contributed by atoms with Gasteiger partial charge >= 0.3 is 0 Å². The van der Waals surface area contributed by atoms with E-state index in [1.54, 1.807) is 11.8 Å². The van der Waals surface area contributed by atoms with Crippen LogP contribution in [0.4, 0.5) is 5.82 Å². The molecule has 0 spiro atoms. The molecule has 0 amide bonds. The molecule has 0 saturated heterocycles. The Morgan fingerprint density at radius 1 is 1.50 bits per heavy atom. The quantitative estimate of drug-likeness (QED) is 0.615. The van der Waals surface area contributed by atoms with Gasteiger partial charge in [-0.1, -0.05) is 6.92 Å². The number of nitrogens with zero attached hydrogens (tertiary/aromatic N) is 2. The highest BCUT2D eigenvalue weighted by molar-refractivity contribution is 8.00. The molecule has 1 unspecified atom stereocenters. The number of anilines is 1. The Hall–Kier alpha value is -0.770. The minimum Gasteiger partial charge on any atom is -0.383 e. The van der Waals surface area contributed by atoms with Gasteiger partial charge in [0.15, 0.2) is 0 Å². The van der Waals surface area contributed by atoms with Crippen molar-refractivity contribution in [3.05, 3.63) is 11.4 Å². The molecule has 0 bridgehead atoms. The maximum Gasteiger partial charge on any atom is 0.131 e. The molecule has 1 aliphatic heterocycles. The van der Waals surface area contributed by atoms with Gasteiger partial charge in [0.1, 0.15) is 16.7 Å². The van der Waals surface area contributed by atoms with Crippen molar-refractivity contribution in [3.8, 4) is 0 Å². The van der Waals surface area contributed by atoms with Crippen LogP contribution >= 0.6 is 11.8 Å². The Balaban J connectivity index is 2.52. The van der Waals surface area contributed by atoms with Gasteiger partial charge in [-0.25, -0.2) is 9.97 Å². The first kappa shape index (κ1) is 7.86. The van der Waals surface area contributed by atoms with E-state index in [-0.39, 0.29) is 0 Å². The molecule has 1 aromatic heterocycles. The van der Waals surface area contributed by atoms with E-state index in [2.05, 4.69) is 16.9 Å². The summed E-state index contributed by atoms with van der Waals surface area (Å²) in [4.78, 5) is 8.47. The average Bonchev–Trinajstić information content (AvgIpc) is 2.29. The van der Waals surface area contributed by atoms with Crippen molar-refractivity contribution in [2.24, 2.45) is 0 Å². The summed E-state index contributed by atoms with van der Waals surface area (Å²) in [6.07, 6.45) is 1.01. The molecule has 1 aromatic rings. The van der Waals surface area contributed by atoms with Crippen molar-refractivity contribution in [2.75, 3.05) is 5.73 Å². The van der Waals surface area contributed by atoms with Crippen LogP contribution in [0.25, 0.3) is 0 Å². The topological polar surface area (TPSA) is 51.8 Å². The average molecular weight is 181 g/mol. The molecular formula is C8H11N3S. The molecule has 64 valence electrons. The van der Waals surface area contributed by atoms with E-state index in [0.29, 0.717) is 11.1 Å². The van der Waals surface area contributed by atoms with Crippen LogP contribution in [0.5, 0.6) is 0 Å². The standard InChI is InChI=1S/C8H11N3S/c1-4-3-6-7(9)10-5(2)11-8(6)12-4/h4H,3H2,1-2H3,(H2,9,10,11). The first-order valence-electron chi connectivity index (χ1n) is 3.96. The summed E-state index contributed by atoms with van der Waals surface area (Å²) in [6.45, 7) is 4.06. The number of thioether (sulfide) groups is 1. The summed E-state index contributed by atoms with van der Waals surface area (Å²) in [6, 6.07) is 0. The molecule has 12 heavy (non-hydrogen) atoms. The monoisotopic (exact) mass is 181 g/mol. The molecule has 1 aliphatic rings. The van der Waals surface area contributed by atoms with E-state index < -0.39 is 0 Å². The molecule has 0 aromatic carbocycles. The predicted octanol–water partition coefficient (Wildman–Crippen LogP) is 1.40. The molecule has 4 heteroatoms. The predicted molar refractivity (Wildman–Crippen MR) is 50.2 cm³/mol. The summed E-state index contributed by atoms with van der Waals surface area (Å²) in [7, 11) is 0. The first-order valence-corrected chi connectivity index (χ1v) is 4.84. The Morgan fingerprint density at radius 3 is 3.00 bits per heavy atom. The number of nitrogen functional groups attached to an aromatic ring is 1. The Labute approximate surface area is 75.8 Å². The fourth-order valence-corrected chi connectivity index (χ4v) is 2.55. The van der Waals surface area contributed by atoms with Crippen LogP contribution in [0, 0.1) is 6.92 Å². The van der Waals surface area contributed by atoms with Gasteiger partial charge in [-0.2, -0.15) is 0 Å². The summed E-state index contributed by atoms with van der Waals surface area (Å²) in [5, 5.41) is 1.67. The zero-order valence-corrected chi connectivity index (χ0v) is 7.98. The highest BCUT2D eigenvalue weighted by atomic mass is 32.2. The Bertz CT molecular complexity index is 324. The van der Waals surface area contributed by atoms with Crippen LogP contribution in [0.3, 0.4) is 0 Å². The summed E-state index contributed by atoms with van der Waals surface area (Å²) in [5.74, 6) is 1.43. The van der Waals surface area contributed by atoms with Crippen molar-refractivity contribution in [1.82, 2.24) is 9.97 Å². The number of hydrogen-bond acceptors (Lipinski definition) is 4. The van der Waals surface area contributed by atoms with Crippen LogP contribution in [0.1, 0.15) is 18.3 Å². The van der Waals surface area contributed by atoms with E-state index in [1.807, 2.05) is 6.92 Å². The third-order valence-electron chi connectivity index (χ3n) is 1.92. The SMILES string of the molecule is Cc1nc(N)c2c(n1)SC(C)C2. The van der Waals surface area contributed by atoms with Crippen LogP contribution in [0.2, 0.25) is 0 Å². The summed E-state index contributed by atoms with van der Waals surface area (Å²) < 4.78 is 0. The van der Waals surface area contributed by atoms with Crippen LogP contribution < -0.4 is 5.73 Å². The second-order valence-corrected chi connectivity index (χ2v) is 4.50. The third kappa shape index (κ3) is 1.16. The van der Waals surface area contributed by atoms with Gasteiger partial charge in [-0.3, -0.25) is 0 Å². The van der Waals surface area contributed by atoms with Crippen molar-refractivity contribution in [2.45, 2.75) is 30.5 Å². The minimum atomic E-state index is 0.596. The molecule has 3 nitrogen and oxygen atoms in total. The van der Waals surface area contributed by atoms with Gasteiger partial charge in [-0.05, 0) is 13.3 Å². The molecule has 1 atom stereocenters. The van der Waals surface area contributed by atoms with Gasteiger partial charge in [0.25, 0.3) is 0 Å². The largest absolute Gasteiger partial charge is 0.383 e. The molecule has 0 aliphatic carbocycles.